The van der Waals surface area contributed by atoms with Gasteiger partial charge in [-0.1, -0.05) is 0 Å². The van der Waals surface area contributed by atoms with Gasteiger partial charge in [-0.25, -0.2) is 13.2 Å². The van der Waals surface area contributed by atoms with Crippen molar-refractivity contribution in [2.75, 3.05) is 0 Å². The zero-order valence-corrected chi connectivity index (χ0v) is 6.18. The van der Waals surface area contributed by atoms with Gasteiger partial charge in [0.15, 0.2) is 6.29 Å². The van der Waals surface area contributed by atoms with Crippen LogP contribution in [-0.4, -0.2) is 11.3 Å². The first kappa shape index (κ1) is 9.50. The smallest absolute Gasteiger partial charge is 0.268 e. The largest absolute Gasteiger partial charge is 0.328 e. The monoisotopic (exact) mass is 191 g/mol. The molecule has 1 rings (SSSR count). The Morgan fingerprint density at radius 1 is 1.46 bits per heavy atom. The molecule has 0 radical (unpaired) electrons. The Morgan fingerprint density at radius 3 is 2.54 bits per heavy atom. The van der Waals surface area contributed by atoms with Gasteiger partial charge in [-0.2, -0.15) is 0 Å². The normalized spacial score (nSPS) is 10.5. The fourth-order valence-electron chi connectivity index (χ4n) is 0.804. The molecule has 0 aliphatic rings. The first-order chi connectivity index (χ1) is 6.07. The Labute approximate surface area is 70.2 Å². The van der Waals surface area contributed by atoms with Crippen LogP contribution in [0.15, 0.2) is 11.0 Å². The van der Waals surface area contributed by atoms with Crippen molar-refractivity contribution >= 4 is 6.29 Å². The van der Waals surface area contributed by atoms with Crippen molar-refractivity contribution in [3.8, 4) is 0 Å². The molecule has 1 aromatic rings. The summed E-state index contributed by atoms with van der Waals surface area (Å²) >= 11 is 0. The van der Waals surface area contributed by atoms with Crippen LogP contribution in [0.1, 0.15) is 22.3 Å². The molecule has 6 heteroatoms. The fourth-order valence-corrected chi connectivity index (χ4v) is 0.804. The minimum atomic E-state index is -3.06. The minimum Gasteiger partial charge on any atom is -0.328 e. The van der Waals surface area contributed by atoms with Gasteiger partial charge >= 0.3 is 0 Å². The van der Waals surface area contributed by atoms with E-state index in [1.165, 1.54) is 0 Å². The second-order valence-electron chi connectivity index (χ2n) is 2.22. The number of carbonyl (C=O) groups excluding carboxylic acids is 1. The number of pyridine rings is 1. The van der Waals surface area contributed by atoms with Crippen LogP contribution in [0.2, 0.25) is 0 Å². The standard InChI is InChI=1S/C7H4F3NO2/c8-5-3(6(9)10)1-11-7(13)4(5)2-12/h1-2,6H,(H,11,13). The van der Waals surface area contributed by atoms with Gasteiger partial charge in [0.25, 0.3) is 12.0 Å². The van der Waals surface area contributed by atoms with Crippen molar-refractivity contribution in [1.29, 1.82) is 0 Å². The van der Waals surface area contributed by atoms with E-state index in [9.17, 15) is 22.8 Å². The highest BCUT2D eigenvalue weighted by Gasteiger charge is 2.18. The third-order valence-corrected chi connectivity index (χ3v) is 1.45. The summed E-state index contributed by atoms with van der Waals surface area (Å²) in [5, 5.41) is 0. The van der Waals surface area contributed by atoms with Crippen molar-refractivity contribution in [3.05, 3.63) is 33.5 Å². The van der Waals surface area contributed by atoms with Crippen molar-refractivity contribution in [2.45, 2.75) is 6.43 Å². The lowest BCUT2D eigenvalue weighted by atomic mass is 10.2. The van der Waals surface area contributed by atoms with E-state index in [1.807, 2.05) is 4.98 Å². The number of carbonyl (C=O) groups is 1. The second kappa shape index (κ2) is 3.42. The van der Waals surface area contributed by atoms with Gasteiger partial charge in [0.05, 0.1) is 5.56 Å². The lowest BCUT2D eigenvalue weighted by Gasteiger charge is -2.01. The molecule has 13 heavy (non-hydrogen) atoms. The van der Waals surface area contributed by atoms with Crippen molar-refractivity contribution in [3.63, 3.8) is 0 Å². The highest BCUT2D eigenvalue weighted by Crippen LogP contribution is 2.20. The number of aromatic amines is 1. The van der Waals surface area contributed by atoms with Gasteiger partial charge in [0, 0.05) is 6.20 Å². The number of alkyl halides is 2. The van der Waals surface area contributed by atoms with Crippen molar-refractivity contribution < 1.29 is 18.0 Å². The Hall–Kier alpha value is -1.59. The first-order valence-corrected chi connectivity index (χ1v) is 3.22. The lowest BCUT2D eigenvalue weighted by molar-refractivity contribution is 0.111. The zero-order valence-electron chi connectivity index (χ0n) is 6.18. The van der Waals surface area contributed by atoms with Gasteiger partial charge in [-0.3, -0.25) is 9.59 Å². The summed E-state index contributed by atoms with van der Waals surface area (Å²) in [6.45, 7) is 0. The Bertz CT molecular complexity index is 386. The maximum absolute atomic E-state index is 12.9. The average Bonchev–Trinajstić information content (AvgIpc) is 2.04. The summed E-state index contributed by atoms with van der Waals surface area (Å²) in [5.41, 5.74) is -2.91. The van der Waals surface area contributed by atoms with Crippen molar-refractivity contribution in [2.24, 2.45) is 0 Å². The molecular formula is C7H4F3NO2. The van der Waals surface area contributed by atoms with E-state index in [2.05, 4.69) is 0 Å². The molecule has 0 spiro atoms. The lowest BCUT2D eigenvalue weighted by Crippen LogP contribution is -2.16. The molecule has 0 fully saturated rings. The molecule has 0 atom stereocenters. The van der Waals surface area contributed by atoms with Gasteiger partial charge in [-0.05, 0) is 0 Å². The number of aromatic nitrogens is 1. The average molecular weight is 191 g/mol. The Kier molecular flexibility index (Phi) is 2.50. The molecule has 1 aromatic heterocycles. The van der Waals surface area contributed by atoms with E-state index < -0.39 is 28.9 Å². The zero-order chi connectivity index (χ0) is 10.0. The van der Waals surface area contributed by atoms with Crippen LogP contribution in [0, 0.1) is 5.82 Å². The number of hydrogen-bond donors (Lipinski definition) is 1. The van der Waals surface area contributed by atoms with Gasteiger partial charge < -0.3 is 4.98 Å². The second-order valence-corrected chi connectivity index (χ2v) is 2.22. The quantitative estimate of drug-likeness (QED) is 0.715. The summed E-state index contributed by atoms with van der Waals surface area (Å²) in [5.74, 6) is -1.46. The van der Waals surface area contributed by atoms with Gasteiger partial charge in [-0.15, -0.1) is 0 Å². The van der Waals surface area contributed by atoms with E-state index in [0.717, 1.165) is 0 Å². The molecule has 0 saturated carbocycles. The number of halogens is 3. The molecule has 0 amide bonds. The third kappa shape index (κ3) is 1.61. The number of H-pyrrole nitrogens is 1. The Balaban J connectivity index is 3.44. The number of hydrogen-bond acceptors (Lipinski definition) is 2. The SMILES string of the molecule is O=Cc1c(F)c(C(F)F)c[nH]c1=O. The van der Waals surface area contributed by atoms with E-state index in [0.29, 0.717) is 6.20 Å². The predicted molar refractivity (Wildman–Crippen MR) is 37.4 cm³/mol. The maximum Gasteiger partial charge on any atom is 0.268 e. The van der Waals surface area contributed by atoms with Crippen LogP contribution in [-0.2, 0) is 0 Å². The van der Waals surface area contributed by atoms with E-state index in [1.54, 1.807) is 0 Å². The fraction of sp³-hybridized carbons (Fsp3) is 0.143. The van der Waals surface area contributed by atoms with E-state index in [4.69, 9.17) is 0 Å². The number of aldehydes is 1. The third-order valence-electron chi connectivity index (χ3n) is 1.45. The Morgan fingerprint density at radius 2 is 2.08 bits per heavy atom. The summed E-state index contributed by atoms with van der Waals surface area (Å²) < 4.78 is 36.8. The molecule has 0 bridgehead atoms. The van der Waals surface area contributed by atoms with Crippen LogP contribution in [0.3, 0.4) is 0 Å². The highest BCUT2D eigenvalue weighted by molar-refractivity contribution is 5.74. The van der Waals surface area contributed by atoms with Crippen LogP contribution in [0.4, 0.5) is 13.2 Å². The maximum atomic E-state index is 12.9. The van der Waals surface area contributed by atoms with E-state index >= 15 is 0 Å². The highest BCUT2D eigenvalue weighted by atomic mass is 19.3. The minimum absolute atomic E-state index is 0.0972. The number of rotatable bonds is 2. The number of nitrogens with one attached hydrogen (secondary N) is 1. The molecule has 0 unspecified atom stereocenters. The summed E-state index contributed by atoms with van der Waals surface area (Å²) in [7, 11) is 0. The van der Waals surface area contributed by atoms with E-state index in [-0.39, 0.29) is 6.29 Å². The topological polar surface area (TPSA) is 49.9 Å². The van der Waals surface area contributed by atoms with Crippen molar-refractivity contribution in [1.82, 2.24) is 4.98 Å². The molecule has 70 valence electrons. The first-order valence-electron chi connectivity index (χ1n) is 3.22. The van der Waals surface area contributed by atoms with Crippen LogP contribution in [0.5, 0.6) is 0 Å². The molecule has 1 heterocycles. The molecule has 1 N–H and O–H groups in total. The van der Waals surface area contributed by atoms with Crippen LogP contribution >= 0.6 is 0 Å². The van der Waals surface area contributed by atoms with Crippen LogP contribution in [0.25, 0.3) is 0 Å². The molecule has 0 aliphatic carbocycles. The summed E-state index contributed by atoms with van der Waals surface area (Å²) in [6, 6.07) is 0. The molecule has 0 saturated heterocycles. The molecular weight excluding hydrogens is 187 g/mol. The van der Waals surface area contributed by atoms with Gasteiger partial charge in [0.2, 0.25) is 0 Å². The predicted octanol–water partition coefficient (Wildman–Crippen LogP) is 1.26. The molecule has 0 aliphatic heterocycles. The van der Waals surface area contributed by atoms with Crippen LogP contribution < -0.4 is 5.56 Å². The molecule has 0 aromatic carbocycles. The summed E-state index contributed by atoms with van der Waals surface area (Å²) in [6.07, 6.45) is -2.61. The summed E-state index contributed by atoms with van der Waals surface area (Å²) in [4.78, 5) is 22.6. The molecule has 3 nitrogen and oxygen atoms in total. The van der Waals surface area contributed by atoms with Gasteiger partial charge in [0.1, 0.15) is 11.4 Å².